The fourth-order valence-electron chi connectivity index (χ4n) is 7.19. The zero-order valence-electron chi connectivity index (χ0n) is 24.0. The number of fused-ring (bicyclic) bond motifs is 3. The van der Waals surface area contributed by atoms with Crippen LogP contribution in [-0.4, -0.2) is 52.1 Å². The lowest BCUT2D eigenvalue weighted by atomic mass is 9.45. The number of rotatable bonds is 5. The average molecular weight is 545 g/mol. The van der Waals surface area contributed by atoms with Crippen molar-refractivity contribution in [2.45, 2.75) is 65.6 Å². The van der Waals surface area contributed by atoms with Crippen LogP contribution in [0.2, 0.25) is 0 Å². The molecule has 40 heavy (non-hydrogen) atoms. The van der Waals surface area contributed by atoms with E-state index in [1.54, 1.807) is 23.0 Å². The van der Waals surface area contributed by atoms with Crippen LogP contribution in [0.1, 0.15) is 46.1 Å². The predicted octanol–water partition coefficient (Wildman–Crippen LogP) is 4.91. The van der Waals surface area contributed by atoms with E-state index in [-0.39, 0.29) is 11.4 Å². The molecular weight excluding hydrogens is 503 g/mol. The van der Waals surface area contributed by atoms with Gasteiger partial charge in [-0.25, -0.2) is 14.4 Å². The summed E-state index contributed by atoms with van der Waals surface area (Å²) < 4.78 is 14.8. The topological polar surface area (TPSA) is 74.5 Å². The monoisotopic (exact) mass is 544 g/mol. The van der Waals surface area contributed by atoms with Gasteiger partial charge in [-0.1, -0.05) is 32.9 Å². The van der Waals surface area contributed by atoms with Gasteiger partial charge in [0.25, 0.3) is 5.56 Å². The molecule has 212 valence electrons. The maximum Gasteiger partial charge on any atom is 0.261 e. The zero-order valence-corrected chi connectivity index (χ0v) is 24.0. The molecule has 4 aliphatic rings. The summed E-state index contributed by atoms with van der Waals surface area (Å²) >= 11 is 0. The van der Waals surface area contributed by atoms with Gasteiger partial charge < -0.3 is 15.5 Å². The van der Waals surface area contributed by atoms with Gasteiger partial charge >= 0.3 is 0 Å². The Hall–Kier alpha value is -3.26. The van der Waals surface area contributed by atoms with E-state index in [0.29, 0.717) is 47.3 Å². The number of nitrogens with one attached hydrogen (secondary N) is 2. The van der Waals surface area contributed by atoms with Crippen molar-refractivity contribution in [2.24, 2.45) is 28.2 Å². The molecule has 0 radical (unpaired) electrons. The molecular formula is C32H41FN6O. The first kappa shape index (κ1) is 26.9. The van der Waals surface area contributed by atoms with Crippen molar-refractivity contribution in [3.63, 3.8) is 0 Å². The van der Waals surface area contributed by atoms with Crippen LogP contribution < -0.4 is 16.2 Å². The number of benzene rings is 2. The normalized spacial score (nSPS) is 27.9. The van der Waals surface area contributed by atoms with Gasteiger partial charge in [0.1, 0.15) is 5.82 Å². The van der Waals surface area contributed by atoms with Crippen molar-refractivity contribution in [2.75, 3.05) is 25.0 Å². The molecule has 5 atom stereocenters. The smallest absolute Gasteiger partial charge is 0.261 e. The van der Waals surface area contributed by atoms with Crippen LogP contribution in [0, 0.1) is 29.0 Å². The third-order valence-corrected chi connectivity index (χ3v) is 9.91. The maximum atomic E-state index is 13.2. The van der Waals surface area contributed by atoms with Crippen molar-refractivity contribution in [1.82, 2.24) is 19.8 Å². The number of hydrogen-bond donors (Lipinski definition) is 2. The fraction of sp³-hybridized carbons (Fsp3) is 0.531. The highest BCUT2D eigenvalue weighted by atomic mass is 19.1. The van der Waals surface area contributed by atoms with Gasteiger partial charge in [-0.2, -0.15) is 0 Å². The minimum absolute atomic E-state index is 0.0682. The molecule has 0 spiro atoms. The van der Waals surface area contributed by atoms with Crippen molar-refractivity contribution >= 4 is 22.5 Å². The van der Waals surface area contributed by atoms with Crippen molar-refractivity contribution in [3.05, 3.63) is 70.5 Å². The van der Waals surface area contributed by atoms with Crippen LogP contribution in [0.25, 0.3) is 10.9 Å². The predicted molar refractivity (Wildman–Crippen MR) is 159 cm³/mol. The first-order chi connectivity index (χ1) is 19.2. The number of halogens is 1. The average Bonchev–Trinajstić information content (AvgIpc) is 2.94. The molecule has 7 rings (SSSR count). The van der Waals surface area contributed by atoms with Crippen molar-refractivity contribution < 1.29 is 4.39 Å². The molecule has 1 aliphatic heterocycles. The number of nitrogens with zero attached hydrogens (tertiary/aromatic N) is 4. The molecule has 1 saturated heterocycles. The molecule has 1 unspecified atom stereocenters. The van der Waals surface area contributed by atoms with E-state index in [2.05, 4.69) is 48.2 Å². The summed E-state index contributed by atoms with van der Waals surface area (Å²) in [6, 6.07) is 12.9. The number of aliphatic imine (C=N–C) groups is 1. The molecule has 1 aromatic heterocycles. The van der Waals surface area contributed by atoms with Crippen LogP contribution >= 0.6 is 0 Å². The largest absolute Gasteiger partial charge is 0.340 e. The van der Waals surface area contributed by atoms with Gasteiger partial charge in [0.05, 0.1) is 23.3 Å². The van der Waals surface area contributed by atoms with Crippen LogP contribution in [-0.2, 0) is 13.0 Å². The van der Waals surface area contributed by atoms with E-state index >= 15 is 0 Å². The van der Waals surface area contributed by atoms with E-state index in [9.17, 15) is 9.18 Å². The highest BCUT2D eigenvalue weighted by Crippen LogP contribution is 2.61. The minimum Gasteiger partial charge on any atom is -0.340 e. The maximum absolute atomic E-state index is 13.2. The molecule has 3 aliphatic carbocycles. The van der Waals surface area contributed by atoms with E-state index in [4.69, 9.17) is 4.99 Å². The Kier molecular flexibility index (Phi) is 7.15. The molecule has 3 saturated carbocycles. The second kappa shape index (κ2) is 10.6. The molecule has 3 aromatic rings. The molecule has 4 fully saturated rings. The second-order valence-electron chi connectivity index (χ2n) is 12.8. The molecule has 8 heteroatoms. The van der Waals surface area contributed by atoms with Gasteiger partial charge in [-0.3, -0.25) is 9.36 Å². The van der Waals surface area contributed by atoms with Crippen LogP contribution in [0.3, 0.4) is 0 Å². The van der Waals surface area contributed by atoms with Gasteiger partial charge in [0.15, 0.2) is 5.96 Å². The van der Waals surface area contributed by atoms with Crippen LogP contribution in [0.4, 0.5) is 10.1 Å². The van der Waals surface area contributed by atoms with Crippen molar-refractivity contribution in [1.29, 1.82) is 0 Å². The summed E-state index contributed by atoms with van der Waals surface area (Å²) in [6.45, 7) is 12.7. The number of aromatic nitrogens is 2. The van der Waals surface area contributed by atoms with Crippen molar-refractivity contribution in [3.8, 4) is 0 Å². The Balaban J connectivity index is 1.23. The highest BCUT2D eigenvalue weighted by Gasteiger charge is 2.56. The molecule has 7 nitrogen and oxygen atoms in total. The van der Waals surface area contributed by atoms with Gasteiger partial charge in [-0.05, 0) is 85.3 Å². The quantitative estimate of drug-likeness (QED) is 0.353. The fourth-order valence-corrected chi connectivity index (χ4v) is 7.19. The first-order valence-electron chi connectivity index (χ1n) is 14.8. The Morgan fingerprint density at radius 2 is 1.98 bits per heavy atom. The Morgan fingerprint density at radius 3 is 2.70 bits per heavy atom. The van der Waals surface area contributed by atoms with E-state index < -0.39 is 0 Å². The summed E-state index contributed by atoms with van der Waals surface area (Å²) in [5.41, 5.74) is 2.90. The number of guanidine groups is 1. The highest BCUT2D eigenvalue weighted by molar-refractivity contribution is 5.96. The summed E-state index contributed by atoms with van der Waals surface area (Å²) in [6.07, 6.45) is 4.73. The lowest BCUT2D eigenvalue weighted by Gasteiger charge is -2.61. The Labute approximate surface area is 235 Å². The first-order valence-corrected chi connectivity index (χ1v) is 14.8. The Bertz CT molecular complexity index is 1460. The minimum atomic E-state index is -0.258. The van der Waals surface area contributed by atoms with Gasteiger partial charge in [-0.15, -0.1) is 0 Å². The molecule has 0 amide bonds. The molecule has 2 bridgehead atoms. The van der Waals surface area contributed by atoms with E-state index in [1.165, 1.54) is 18.6 Å². The number of anilines is 1. The van der Waals surface area contributed by atoms with Gasteiger partial charge in [0.2, 0.25) is 0 Å². The third kappa shape index (κ3) is 5.14. The molecule has 2 aromatic carbocycles. The van der Waals surface area contributed by atoms with E-state index in [0.717, 1.165) is 55.1 Å². The van der Waals surface area contributed by atoms with E-state index in [1.807, 2.05) is 18.2 Å². The number of piperazine rings is 1. The zero-order chi connectivity index (χ0) is 28.0. The summed E-state index contributed by atoms with van der Waals surface area (Å²) in [5.74, 6) is 2.71. The van der Waals surface area contributed by atoms with Crippen LogP contribution in [0.15, 0.2) is 58.6 Å². The Morgan fingerprint density at radius 1 is 1.18 bits per heavy atom. The lowest BCUT2D eigenvalue weighted by Crippen LogP contribution is -2.57. The third-order valence-electron chi connectivity index (χ3n) is 9.91. The standard InChI is InChI=1S/C32H41FN6O/c1-20-18-38(14-12-34-20)31(37-28-16-23-15-27(21(28)2)32(23,3)4)36-25-9-10-26-29(17-25)35-19-39(30(26)40)13-11-22-5-7-24(33)8-6-22/h5-10,17,19-21,23,27-28,34H,11-16,18H2,1-4H3,(H,36,37)/t20-,21-,23-,27+,28?/m0/s1. The summed E-state index contributed by atoms with van der Waals surface area (Å²) in [4.78, 5) is 25.6. The number of hydrogen-bond acceptors (Lipinski definition) is 4. The van der Waals surface area contributed by atoms with Gasteiger partial charge in [0, 0.05) is 37.9 Å². The second-order valence-corrected chi connectivity index (χ2v) is 12.8. The number of aryl methyl sites for hydroxylation is 2. The van der Waals surface area contributed by atoms with Crippen LogP contribution in [0.5, 0.6) is 0 Å². The summed E-state index contributed by atoms with van der Waals surface area (Å²) in [7, 11) is 0. The molecule has 2 heterocycles. The SMILES string of the molecule is C[C@@H]1C(N=C(Nc2ccc3c(=O)n(CCc4ccc(F)cc4)cnc3c2)N2CCN[C@@H](C)C2)C[C@@H]2C[C@H]1C2(C)C. The lowest BCUT2D eigenvalue weighted by molar-refractivity contribution is -0.108. The molecule has 2 N–H and O–H groups in total. The summed E-state index contributed by atoms with van der Waals surface area (Å²) in [5, 5.41) is 7.76.